The van der Waals surface area contributed by atoms with E-state index in [1.165, 1.54) is 16.2 Å². The van der Waals surface area contributed by atoms with Gasteiger partial charge in [-0.15, -0.1) is 22.7 Å². The maximum Gasteiger partial charge on any atom is 0.241 e. The summed E-state index contributed by atoms with van der Waals surface area (Å²) >= 11 is 3.10. The molecule has 0 aromatic carbocycles. The number of nitrogens with one attached hydrogen (secondary N) is 2. The Hall–Kier alpha value is -0.730. The molecule has 0 bridgehead atoms. The normalized spacial score (nSPS) is 13.5. The van der Waals surface area contributed by atoms with Gasteiger partial charge in [0.2, 0.25) is 10.0 Å². The van der Waals surface area contributed by atoms with Gasteiger partial charge in [0, 0.05) is 22.3 Å². The second kappa shape index (κ2) is 6.82. The van der Waals surface area contributed by atoms with Crippen molar-refractivity contribution in [2.45, 2.75) is 30.8 Å². The second-order valence-electron chi connectivity index (χ2n) is 4.54. The maximum absolute atomic E-state index is 12.4. The Morgan fingerprint density at radius 2 is 2.05 bits per heavy atom. The molecular weight excluding hydrogens is 312 g/mol. The van der Waals surface area contributed by atoms with Crippen LogP contribution in [0.5, 0.6) is 0 Å². The first kappa shape index (κ1) is 15.7. The van der Waals surface area contributed by atoms with Crippen LogP contribution in [0.25, 0.3) is 0 Å². The van der Waals surface area contributed by atoms with Crippen molar-refractivity contribution in [3.8, 4) is 0 Å². The molecule has 0 radical (unpaired) electrons. The van der Waals surface area contributed by atoms with E-state index in [0.717, 1.165) is 4.88 Å². The van der Waals surface area contributed by atoms with Crippen LogP contribution >= 0.6 is 22.7 Å². The van der Waals surface area contributed by atoms with E-state index in [2.05, 4.69) is 10.0 Å². The number of rotatable bonds is 7. The van der Waals surface area contributed by atoms with Gasteiger partial charge in [0.05, 0.1) is 4.90 Å². The minimum absolute atomic E-state index is 0.124. The van der Waals surface area contributed by atoms with Crippen LogP contribution in [-0.4, -0.2) is 21.5 Å². The molecule has 2 aromatic heterocycles. The highest BCUT2D eigenvalue weighted by atomic mass is 32.2. The minimum Gasteiger partial charge on any atom is -0.315 e. The molecule has 0 spiro atoms. The lowest BCUT2D eigenvalue weighted by Crippen LogP contribution is -2.34. The summed E-state index contributed by atoms with van der Waals surface area (Å²) in [5.74, 6) is 0. The van der Waals surface area contributed by atoms with Crippen molar-refractivity contribution in [3.63, 3.8) is 0 Å². The van der Waals surface area contributed by atoms with Crippen molar-refractivity contribution < 1.29 is 8.42 Å². The molecule has 4 nitrogen and oxygen atoms in total. The predicted octanol–water partition coefficient (Wildman–Crippen LogP) is 2.44. The summed E-state index contributed by atoms with van der Waals surface area (Å²) in [7, 11) is -1.64. The van der Waals surface area contributed by atoms with Gasteiger partial charge in [0.15, 0.2) is 0 Å². The fourth-order valence-corrected chi connectivity index (χ4v) is 5.49. The molecule has 2 rings (SSSR count). The quantitative estimate of drug-likeness (QED) is 0.820. The molecule has 7 heteroatoms. The Kier molecular flexibility index (Phi) is 5.34. The summed E-state index contributed by atoms with van der Waals surface area (Å²) in [5.41, 5.74) is 0. The van der Waals surface area contributed by atoms with Gasteiger partial charge >= 0.3 is 0 Å². The third kappa shape index (κ3) is 3.89. The Labute approximate surface area is 127 Å². The zero-order valence-electron chi connectivity index (χ0n) is 11.4. The van der Waals surface area contributed by atoms with Gasteiger partial charge in [0.25, 0.3) is 0 Å². The van der Waals surface area contributed by atoms with Crippen LogP contribution in [0, 0.1) is 0 Å². The van der Waals surface area contributed by atoms with Crippen LogP contribution in [0.1, 0.15) is 16.7 Å². The number of hydrogen-bond donors (Lipinski definition) is 2. The molecule has 0 saturated heterocycles. The average Bonchev–Trinajstić information content (AvgIpc) is 2.99. The van der Waals surface area contributed by atoms with Crippen LogP contribution in [0.4, 0.5) is 0 Å². The highest BCUT2D eigenvalue weighted by molar-refractivity contribution is 7.89. The predicted molar refractivity (Wildman–Crippen MR) is 84.9 cm³/mol. The molecule has 2 N–H and O–H groups in total. The molecule has 0 fully saturated rings. The van der Waals surface area contributed by atoms with Crippen LogP contribution in [0.15, 0.2) is 33.9 Å². The van der Waals surface area contributed by atoms with Gasteiger partial charge in [-0.2, -0.15) is 0 Å². The summed E-state index contributed by atoms with van der Waals surface area (Å²) < 4.78 is 27.6. The molecule has 1 atom stereocenters. The Morgan fingerprint density at radius 3 is 2.70 bits per heavy atom. The molecule has 0 saturated carbocycles. The van der Waals surface area contributed by atoms with Crippen molar-refractivity contribution in [2.24, 2.45) is 0 Å². The molecule has 2 aromatic rings. The van der Waals surface area contributed by atoms with E-state index >= 15 is 0 Å². The van der Waals surface area contributed by atoms with Crippen molar-refractivity contribution >= 4 is 32.7 Å². The third-order valence-electron chi connectivity index (χ3n) is 2.78. The zero-order chi connectivity index (χ0) is 14.6. The molecular formula is C13H18N2O2S3. The van der Waals surface area contributed by atoms with Gasteiger partial charge in [-0.3, -0.25) is 0 Å². The number of thiophene rings is 2. The Bertz CT molecular complexity index is 632. The van der Waals surface area contributed by atoms with Crippen molar-refractivity contribution in [3.05, 3.63) is 38.7 Å². The summed E-state index contributed by atoms with van der Waals surface area (Å²) in [6, 6.07) is 5.54. The second-order valence-corrected chi connectivity index (χ2v) is 8.26. The smallest absolute Gasteiger partial charge is 0.241 e. The van der Waals surface area contributed by atoms with Gasteiger partial charge in [-0.05, 0) is 43.3 Å². The van der Waals surface area contributed by atoms with E-state index in [0.29, 0.717) is 17.9 Å². The highest BCUT2D eigenvalue weighted by Gasteiger charge is 2.21. The van der Waals surface area contributed by atoms with Gasteiger partial charge in [-0.1, -0.05) is 6.07 Å². The summed E-state index contributed by atoms with van der Waals surface area (Å²) in [6.07, 6.45) is 0.711. The minimum atomic E-state index is -3.45. The molecule has 1 unspecified atom stereocenters. The monoisotopic (exact) mass is 330 g/mol. The first-order valence-corrected chi connectivity index (χ1v) is 9.53. The lowest BCUT2D eigenvalue weighted by molar-refractivity contribution is 0.560. The van der Waals surface area contributed by atoms with Crippen LogP contribution < -0.4 is 10.0 Å². The Morgan fingerprint density at radius 1 is 1.25 bits per heavy atom. The molecule has 0 aliphatic rings. The van der Waals surface area contributed by atoms with Crippen LogP contribution in [0.2, 0.25) is 0 Å². The standard InChI is InChI=1S/C13H18N2O2S3/c1-10(8-11-4-3-6-18-11)15-20(16,17)13-5-7-19-12(13)9-14-2/h3-7,10,14-15H,8-9H2,1-2H3. The van der Waals surface area contributed by atoms with E-state index in [-0.39, 0.29) is 6.04 Å². The molecule has 2 heterocycles. The summed E-state index contributed by atoms with van der Waals surface area (Å²) in [6.45, 7) is 2.45. The average molecular weight is 330 g/mol. The fourth-order valence-electron chi connectivity index (χ4n) is 1.96. The zero-order valence-corrected chi connectivity index (χ0v) is 13.9. The van der Waals surface area contributed by atoms with E-state index in [1.54, 1.807) is 17.4 Å². The van der Waals surface area contributed by atoms with E-state index in [1.807, 2.05) is 36.9 Å². The molecule has 0 aliphatic heterocycles. The van der Waals surface area contributed by atoms with Crippen LogP contribution in [-0.2, 0) is 23.0 Å². The van der Waals surface area contributed by atoms with Gasteiger partial charge in [-0.25, -0.2) is 13.1 Å². The van der Waals surface area contributed by atoms with Crippen molar-refractivity contribution in [1.29, 1.82) is 0 Å². The van der Waals surface area contributed by atoms with E-state index in [4.69, 9.17) is 0 Å². The molecule has 110 valence electrons. The topological polar surface area (TPSA) is 58.2 Å². The fraction of sp³-hybridized carbons (Fsp3) is 0.385. The van der Waals surface area contributed by atoms with Crippen LogP contribution in [0.3, 0.4) is 0 Å². The first-order chi connectivity index (χ1) is 9.53. The molecule has 20 heavy (non-hydrogen) atoms. The summed E-state index contributed by atoms with van der Waals surface area (Å²) in [5, 5.41) is 6.80. The lowest BCUT2D eigenvalue weighted by atomic mass is 10.2. The van der Waals surface area contributed by atoms with Gasteiger partial charge in [0.1, 0.15) is 0 Å². The maximum atomic E-state index is 12.4. The van der Waals surface area contributed by atoms with E-state index in [9.17, 15) is 8.42 Å². The number of sulfonamides is 1. The van der Waals surface area contributed by atoms with Crippen molar-refractivity contribution in [2.75, 3.05) is 7.05 Å². The highest BCUT2D eigenvalue weighted by Crippen LogP contribution is 2.22. The SMILES string of the molecule is CNCc1sccc1S(=O)(=O)NC(C)Cc1cccs1. The first-order valence-electron chi connectivity index (χ1n) is 6.28. The van der Waals surface area contributed by atoms with E-state index < -0.39 is 10.0 Å². The molecule has 0 amide bonds. The lowest BCUT2D eigenvalue weighted by Gasteiger charge is -2.13. The third-order valence-corrected chi connectivity index (χ3v) is 6.40. The van der Waals surface area contributed by atoms with Gasteiger partial charge < -0.3 is 5.32 Å². The largest absolute Gasteiger partial charge is 0.315 e. The summed E-state index contributed by atoms with van der Waals surface area (Å²) in [4.78, 5) is 2.40. The van der Waals surface area contributed by atoms with Crippen molar-refractivity contribution in [1.82, 2.24) is 10.0 Å². The molecule has 0 aliphatic carbocycles. The number of hydrogen-bond acceptors (Lipinski definition) is 5. The Balaban J connectivity index is 2.08.